The summed E-state index contributed by atoms with van der Waals surface area (Å²) in [6.07, 6.45) is 3.08. The van der Waals surface area contributed by atoms with Crippen LogP contribution < -0.4 is 0 Å². The smallest absolute Gasteiger partial charge is 0.160 e. The predicted octanol–water partition coefficient (Wildman–Crippen LogP) is 1.18. The SMILES string of the molecule is CC1(C)[C@@H]2CCC1(S(C)(=O)=O)C(=O)C2. The lowest BCUT2D eigenvalue weighted by Crippen LogP contribution is -2.49. The van der Waals surface area contributed by atoms with Crippen LogP contribution >= 0.6 is 0 Å². The standard InChI is InChI=1S/C10H16O3S/c1-9(2)7-4-5-10(9,8(11)6-7)14(3,12)13/h7H,4-6H2,1-3H3/t7-,10?/m1/s1. The van der Waals surface area contributed by atoms with Crippen LogP contribution in [0, 0.1) is 11.3 Å². The highest BCUT2D eigenvalue weighted by atomic mass is 32.2. The molecule has 14 heavy (non-hydrogen) atoms. The first-order chi connectivity index (χ1) is 6.23. The number of hydrogen-bond donors (Lipinski definition) is 0. The summed E-state index contributed by atoms with van der Waals surface area (Å²) in [4.78, 5) is 11.8. The van der Waals surface area contributed by atoms with Gasteiger partial charge in [-0.3, -0.25) is 4.79 Å². The minimum Gasteiger partial charge on any atom is -0.298 e. The van der Waals surface area contributed by atoms with Gasteiger partial charge in [0.15, 0.2) is 15.6 Å². The summed E-state index contributed by atoms with van der Waals surface area (Å²) in [6, 6.07) is 0. The number of sulfone groups is 1. The molecule has 1 unspecified atom stereocenters. The summed E-state index contributed by atoms with van der Waals surface area (Å²) in [5.74, 6) is 0.214. The molecule has 2 rings (SSSR count). The highest BCUT2D eigenvalue weighted by Crippen LogP contribution is 2.61. The van der Waals surface area contributed by atoms with Gasteiger partial charge in [-0.2, -0.15) is 0 Å². The number of rotatable bonds is 1. The Balaban J connectivity index is 2.68. The Kier molecular flexibility index (Phi) is 1.74. The van der Waals surface area contributed by atoms with E-state index in [1.165, 1.54) is 6.26 Å². The molecule has 0 aromatic heterocycles. The zero-order chi connectivity index (χ0) is 10.8. The topological polar surface area (TPSA) is 51.2 Å². The third-order valence-corrected chi connectivity index (χ3v) is 6.65. The zero-order valence-corrected chi connectivity index (χ0v) is 9.65. The first-order valence-corrected chi connectivity index (χ1v) is 6.85. The van der Waals surface area contributed by atoms with Crippen molar-refractivity contribution in [2.45, 2.75) is 37.9 Å². The Morgan fingerprint density at radius 2 is 1.93 bits per heavy atom. The van der Waals surface area contributed by atoms with Gasteiger partial charge in [0.05, 0.1) is 0 Å². The zero-order valence-electron chi connectivity index (χ0n) is 8.83. The number of fused-ring (bicyclic) bond motifs is 2. The molecule has 0 radical (unpaired) electrons. The molecule has 2 atom stereocenters. The summed E-state index contributed by atoms with van der Waals surface area (Å²) in [6.45, 7) is 3.85. The minimum absolute atomic E-state index is 0.0544. The first kappa shape index (κ1) is 10.1. The van der Waals surface area contributed by atoms with Crippen LogP contribution in [0.2, 0.25) is 0 Å². The number of Topliss-reactive ketones (excluding diaryl/α,β-unsaturated/α-hetero) is 1. The fourth-order valence-corrected chi connectivity index (χ4v) is 5.61. The maximum Gasteiger partial charge on any atom is 0.160 e. The molecule has 0 aromatic carbocycles. The van der Waals surface area contributed by atoms with E-state index in [-0.39, 0.29) is 17.1 Å². The van der Waals surface area contributed by atoms with Crippen LogP contribution in [-0.2, 0) is 14.6 Å². The van der Waals surface area contributed by atoms with E-state index in [0.717, 1.165) is 6.42 Å². The molecular formula is C10H16O3S. The van der Waals surface area contributed by atoms with Gasteiger partial charge in [-0.1, -0.05) is 13.8 Å². The van der Waals surface area contributed by atoms with E-state index in [2.05, 4.69) is 0 Å². The number of hydrogen-bond acceptors (Lipinski definition) is 3. The van der Waals surface area contributed by atoms with Gasteiger partial charge in [0.2, 0.25) is 0 Å². The molecule has 3 nitrogen and oxygen atoms in total. The molecule has 0 amide bonds. The van der Waals surface area contributed by atoms with Crippen molar-refractivity contribution in [3.8, 4) is 0 Å². The molecule has 0 heterocycles. The molecule has 0 saturated heterocycles. The third kappa shape index (κ3) is 0.835. The number of ketones is 1. The normalized spacial score (nSPS) is 40.5. The van der Waals surface area contributed by atoms with Crippen LogP contribution in [0.3, 0.4) is 0 Å². The van der Waals surface area contributed by atoms with Crippen molar-refractivity contribution < 1.29 is 13.2 Å². The molecular weight excluding hydrogens is 200 g/mol. The Hall–Kier alpha value is -0.380. The second kappa shape index (κ2) is 2.40. The number of carbonyl (C=O) groups excluding carboxylic acids is 1. The van der Waals surface area contributed by atoms with Gasteiger partial charge < -0.3 is 0 Å². The summed E-state index contributed by atoms with van der Waals surface area (Å²) in [5, 5.41) is 0. The lowest BCUT2D eigenvalue weighted by Gasteiger charge is -2.34. The number of carbonyl (C=O) groups is 1. The average Bonchev–Trinajstić information content (AvgIpc) is 2.34. The van der Waals surface area contributed by atoms with E-state index in [9.17, 15) is 13.2 Å². The van der Waals surface area contributed by atoms with Gasteiger partial charge in [-0.25, -0.2) is 8.42 Å². The van der Waals surface area contributed by atoms with Crippen LogP contribution in [0.25, 0.3) is 0 Å². The summed E-state index contributed by atoms with van der Waals surface area (Å²) < 4.78 is 22.6. The van der Waals surface area contributed by atoms with Crippen molar-refractivity contribution in [2.24, 2.45) is 11.3 Å². The Labute approximate surface area is 84.8 Å². The largest absolute Gasteiger partial charge is 0.298 e. The fourth-order valence-electron chi connectivity index (χ4n) is 3.50. The fraction of sp³-hybridized carbons (Fsp3) is 0.900. The first-order valence-electron chi connectivity index (χ1n) is 4.96. The van der Waals surface area contributed by atoms with Crippen molar-refractivity contribution in [2.75, 3.05) is 6.26 Å². The van der Waals surface area contributed by atoms with E-state index in [1.807, 2.05) is 13.8 Å². The van der Waals surface area contributed by atoms with Crippen LogP contribution in [0.4, 0.5) is 0 Å². The Bertz CT molecular complexity index is 394. The van der Waals surface area contributed by atoms with Crippen LogP contribution in [-0.4, -0.2) is 25.2 Å². The second-order valence-corrected chi connectivity index (χ2v) is 7.43. The van der Waals surface area contributed by atoms with Crippen LogP contribution in [0.15, 0.2) is 0 Å². The summed E-state index contributed by atoms with van der Waals surface area (Å²) in [5.41, 5.74) is -0.363. The van der Waals surface area contributed by atoms with Gasteiger partial charge in [0, 0.05) is 12.7 Å². The molecule has 0 aliphatic heterocycles. The van der Waals surface area contributed by atoms with Crippen molar-refractivity contribution in [1.29, 1.82) is 0 Å². The molecule has 2 aliphatic carbocycles. The van der Waals surface area contributed by atoms with Gasteiger partial charge in [-0.05, 0) is 24.2 Å². The molecule has 2 aliphatic rings. The summed E-state index contributed by atoms with van der Waals surface area (Å²) >= 11 is 0. The van der Waals surface area contributed by atoms with Gasteiger partial charge in [0.1, 0.15) is 4.75 Å². The monoisotopic (exact) mass is 216 g/mol. The Morgan fingerprint density at radius 1 is 1.36 bits per heavy atom. The maximum absolute atomic E-state index is 11.8. The molecule has 0 spiro atoms. The maximum atomic E-state index is 11.8. The van der Waals surface area contributed by atoms with E-state index in [0.29, 0.717) is 12.8 Å². The minimum atomic E-state index is -3.28. The predicted molar refractivity (Wildman–Crippen MR) is 53.7 cm³/mol. The summed E-state index contributed by atoms with van der Waals surface area (Å²) in [7, 11) is -3.28. The van der Waals surface area contributed by atoms with Crippen molar-refractivity contribution in [1.82, 2.24) is 0 Å². The van der Waals surface area contributed by atoms with Crippen molar-refractivity contribution in [3.05, 3.63) is 0 Å². The Morgan fingerprint density at radius 3 is 2.14 bits per heavy atom. The second-order valence-electron chi connectivity index (χ2n) is 5.18. The van der Waals surface area contributed by atoms with Gasteiger partial charge in [0.25, 0.3) is 0 Å². The molecule has 2 bridgehead atoms. The average molecular weight is 216 g/mol. The van der Waals surface area contributed by atoms with Gasteiger partial charge in [-0.15, -0.1) is 0 Å². The molecule has 0 aromatic rings. The lowest BCUT2D eigenvalue weighted by atomic mass is 9.81. The lowest BCUT2D eigenvalue weighted by molar-refractivity contribution is -0.121. The van der Waals surface area contributed by atoms with Crippen molar-refractivity contribution >= 4 is 15.6 Å². The van der Waals surface area contributed by atoms with E-state index < -0.39 is 14.6 Å². The molecule has 80 valence electrons. The molecule has 2 saturated carbocycles. The molecule has 4 heteroatoms. The van der Waals surface area contributed by atoms with Crippen LogP contribution in [0.5, 0.6) is 0 Å². The van der Waals surface area contributed by atoms with E-state index >= 15 is 0 Å². The highest BCUT2D eigenvalue weighted by Gasteiger charge is 2.69. The van der Waals surface area contributed by atoms with E-state index in [4.69, 9.17) is 0 Å². The quantitative estimate of drug-likeness (QED) is 0.661. The van der Waals surface area contributed by atoms with E-state index in [1.54, 1.807) is 0 Å². The van der Waals surface area contributed by atoms with Crippen LogP contribution in [0.1, 0.15) is 33.1 Å². The third-order valence-electron chi connectivity index (χ3n) is 4.42. The molecule has 0 N–H and O–H groups in total. The molecule has 2 fully saturated rings. The highest BCUT2D eigenvalue weighted by molar-refractivity contribution is 7.93. The van der Waals surface area contributed by atoms with Crippen molar-refractivity contribution in [3.63, 3.8) is 0 Å². The van der Waals surface area contributed by atoms with Gasteiger partial charge >= 0.3 is 0 Å².